The molecule has 0 bridgehead atoms. The smallest absolute Gasteiger partial charge is 0.240 e. The van der Waals surface area contributed by atoms with E-state index in [9.17, 15) is 8.42 Å². The molecule has 0 atom stereocenters. The minimum absolute atomic E-state index is 0.293. The zero-order valence-electron chi connectivity index (χ0n) is 10.1. The van der Waals surface area contributed by atoms with E-state index >= 15 is 0 Å². The van der Waals surface area contributed by atoms with Gasteiger partial charge in [0.2, 0.25) is 10.0 Å². The Morgan fingerprint density at radius 2 is 2.12 bits per heavy atom. The number of benzene rings is 1. The average molecular weight is 274 g/mol. The first-order valence-corrected chi connectivity index (χ1v) is 8.26. The van der Waals surface area contributed by atoms with Gasteiger partial charge in [0.1, 0.15) is 0 Å². The molecule has 17 heavy (non-hydrogen) atoms. The second-order valence-corrected chi connectivity index (χ2v) is 6.33. The number of nitrogens with one attached hydrogen (secondary N) is 1. The van der Waals surface area contributed by atoms with Crippen molar-refractivity contribution >= 4 is 27.5 Å². The lowest BCUT2D eigenvalue weighted by Crippen LogP contribution is -2.27. The van der Waals surface area contributed by atoms with Gasteiger partial charge in [-0.25, -0.2) is 13.1 Å². The highest BCUT2D eigenvalue weighted by atomic mass is 32.2. The molecule has 4 nitrogen and oxygen atoms in total. The summed E-state index contributed by atoms with van der Waals surface area (Å²) in [5, 5.41) is 0. The summed E-state index contributed by atoms with van der Waals surface area (Å²) in [5.74, 6) is 0.753. The maximum atomic E-state index is 12.1. The first-order chi connectivity index (χ1) is 8.01. The van der Waals surface area contributed by atoms with Gasteiger partial charge < -0.3 is 5.73 Å². The van der Waals surface area contributed by atoms with E-state index in [-0.39, 0.29) is 0 Å². The third-order valence-electron chi connectivity index (χ3n) is 2.36. The molecule has 96 valence electrons. The molecule has 0 amide bonds. The van der Waals surface area contributed by atoms with Crippen LogP contribution in [0.4, 0.5) is 5.69 Å². The van der Waals surface area contributed by atoms with Crippen LogP contribution in [0.15, 0.2) is 23.1 Å². The molecule has 0 aliphatic rings. The lowest BCUT2D eigenvalue weighted by atomic mass is 10.1. The van der Waals surface area contributed by atoms with Crippen LogP contribution in [0.2, 0.25) is 0 Å². The molecule has 0 aliphatic heterocycles. The first-order valence-electron chi connectivity index (χ1n) is 5.38. The quantitative estimate of drug-likeness (QED) is 0.609. The van der Waals surface area contributed by atoms with E-state index < -0.39 is 10.0 Å². The zero-order chi connectivity index (χ0) is 12.9. The molecule has 0 fully saturated rings. The predicted octanol–water partition coefficient (Wildman–Crippen LogP) is 1.47. The fourth-order valence-corrected chi connectivity index (χ4v) is 3.28. The monoisotopic (exact) mass is 274 g/mol. The van der Waals surface area contributed by atoms with Crippen LogP contribution in [0.3, 0.4) is 0 Å². The van der Waals surface area contributed by atoms with Crippen LogP contribution < -0.4 is 10.5 Å². The number of thioether (sulfide) groups is 1. The highest BCUT2D eigenvalue weighted by Gasteiger charge is 2.17. The second-order valence-electron chi connectivity index (χ2n) is 3.61. The van der Waals surface area contributed by atoms with Gasteiger partial charge in [-0.3, -0.25) is 0 Å². The molecule has 6 heteroatoms. The molecule has 0 unspecified atom stereocenters. The first kappa shape index (κ1) is 14.3. The van der Waals surface area contributed by atoms with Gasteiger partial charge >= 0.3 is 0 Å². The summed E-state index contributed by atoms with van der Waals surface area (Å²) >= 11 is 1.60. The van der Waals surface area contributed by atoms with E-state index in [1.165, 1.54) is 6.07 Å². The van der Waals surface area contributed by atoms with Gasteiger partial charge in [-0.15, -0.1) is 0 Å². The highest BCUT2D eigenvalue weighted by Crippen LogP contribution is 2.19. The van der Waals surface area contributed by atoms with E-state index in [2.05, 4.69) is 4.72 Å². The molecular formula is C11H18N2O2S2. The van der Waals surface area contributed by atoms with E-state index in [0.29, 0.717) is 23.5 Å². The van der Waals surface area contributed by atoms with Crippen molar-refractivity contribution in [2.45, 2.75) is 18.2 Å². The van der Waals surface area contributed by atoms with Crippen LogP contribution in [-0.4, -0.2) is 27.0 Å². The fourth-order valence-electron chi connectivity index (χ4n) is 1.47. The SMILES string of the molecule is CCc1ccc(N)cc1S(=O)(=O)NCCSC. The minimum Gasteiger partial charge on any atom is -0.399 e. The van der Waals surface area contributed by atoms with Gasteiger partial charge in [0.25, 0.3) is 0 Å². The summed E-state index contributed by atoms with van der Waals surface area (Å²) in [5.41, 5.74) is 6.89. The van der Waals surface area contributed by atoms with Crippen molar-refractivity contribution in [2.75, 3.05) is 24.3 Å². The van der Waals surface area contributed by atoms with E-state index in [4.69, 9.17) is 5.73 Å². The summed E-state index contributed by atoms with van der Waals surface area (Å²) in [7, 11) is -3.44. The molecular weight excluding hydrogens is 256 g/mol. The molecule has 0 heterocycles. The van der Waals surface area contributed by atoms with Crippen molar-refractivity contribution in [3.8, 4) is 0 Å². The Morgan fingerprint density at radius 1 is 1.41 bits per heavy atom. The molecule has 0 radical (unpaired) electrons. The Morgan fingerprint density at radius 3 is 2.71 bits per heavy atom. The Kier molecular flexibility index (Phi) is 5.30. The van der Waals surface area contributed by atoms with Crippen LogP contribution in [0.25, 0.3) is 0 Å². The van der Waals surface area contributed by atoms with Gasteiger partial charge in [-0.2, -0.15) is 11.8 Å². The van der Waals surface area contributed by atoms with Gasteiger partial charge in [-0.1, -0.05) is 13.0 Å². The van der Waals surface area contributed by atoms with Crippen molar-refractivity contribution in [2.24, 2.45) is 0 Å². The summed E-state index contributed by atoms with van der Waals surface area (Å²) < 4.78 is 26.7. The second kappa shape index (κ2) is 6.28. The largest absolute Gasteiger partial charge is 0.399 e. The number of nitrogen functional groups attached to an aromatic ring is 1. The maximum Gasteiger partial charge on any atom is 0.240 e. The van der Waals surface area contributed by atoms with Crippen LogP contribution in [0.1, 0.15) is 12.5 Å². The Hall–Kier alpha value is -0.720. The number of anilines is 1. The molecule has 0 spiro atoms. The number of aryl methyl sites for hydroxylation is 1. The van der Waals surface area contributed by atoms with Gasteiger partial charge in [0.05, 0.1) is 4.90 Å². The lowest BCUT2D eigenvalue weighted by Gasteiger charge is -2.10. The van der Waals surface area contributed by atoms with E-state index in [0.717, 1.165) is 11.3 Å². The topological polar surface area (TPSA) is 72.2 Å². The molecule has 0 aliphatic carbocycles. The van der Waals surface area contributed by atoms with Crippen molar-refractivity contribution in [3.05, 3.63) is 23.8 Å². The van der Waals surface area contributed by atoms with Crippen molar-refractivity contribution < 1.29 is 8.42 Å². The Labute approximate surface area is 107 Å². The van der Waals surface area contributed by atoms with Crippen LogP contribution in [0.5, 0.6) is 0 Å². The van der Waals surface area contributed by atoms with Gasteiger partial charge in [0, 0.05) is 18.0 Å². The molecule has 1 aromatic rings. The molecule has 0 aromatic heterocycles. The third-order valence-corrected chi connectivity index (χ3v) is 4.52. The molecule has 0 saturated heterocycles. The number of nitrogens with two attached hydrogens (primary N) is 1. The standard InChI is InChI=1S/C11H18N2O2S2/c1-3-9-4-5-10(12)8-11(9)17(14,15)13-6-7-16-2/h4-5,8,13H,3,6-7,12H2,1-2H3. The van der Waals surface area contributed by atoms with E-state index in [1.54, 1.807) is 23.9 Å². The Balaban J connectivity index is 3.00. The average Bonchev–Trinajstić information content (AvgIpc) is 2.29. The van der Waals surface area contributed by atoms with Gasteiger partial charge in [0.15, 0.2) is 0 Å². The van der Waals surface area contributed by atoms with E-state index in [1.807, 2.05) is 13.2 Å². The summed E-state index contributed by atoms with van der Waals surface area (Å²) in [6, 6.07) is 5.00. The summed E-state index contributed by atoms with van der Waals surface area (Å²) in [6.45, 7) is 2.36. The maximum absolute atomic E-state index is 12.1. The number of sulfonamides is 1. The van der Waals surface area contributed by atoms with Crippen LogP contribution in [-0.2, 0) is 16.4 Å². The molecule has 0 saturated carbocycles. The number of hydrogen-bond acceptors (Lipinski definition) is 4. The van der Waals surface area contributed by atoms with Gasteiger partial charge in [-0.05, 0) is 30.4 Å². The minimum atomic E-state index is -3.44. The molecule has 1 rings (SSSR count). The fraction of sp³-hybridized carbons (Fsp3) is 0.455. The number of hydrogen-bond donors (Lipinski definition) is 2. The zero-order valence-corrected chi connectivity index (χ0v) is 11.7. The normalized spacial score (nSPS) is 11.6. The van der Waals surface area contributed by atoms with Crippen molar-refractivity contribution in [1.29, 1.82) is 0 Å². The van der Waals surface area contributed by atoms with Crippen LogP contribution >= 0.6 is 11.8 Å². The highest BCUT2D eigenvalue weighted by molar-refractivity contribution is 7.98. The Bertz CT molecular complexity index is 472. The summed E-state index contributed by atoms with van der Waals surface area (Å²) in [6.07, 6.45) is 2.60. The third kappa shape index (κ3) is 3.90. The predicted molar refractivity (Wildman–Crippen MR) is 73.8 cm³/mol. The molecule has 1 aromatic carbocycles. The van der Waals surface area contributed by atoms with Crippen molar-refractivity contribution in [1.82, 2.24) is 4.72 Å². The van der Waals surface area contributed by atoms with Crippen molar-refractivity contribution in [3.63, 3.8) is 0 Å². The summed E-state index contributed by atoms with van der Waals surface area (Å²) in [4.78, 5) is 0.293. The number of rotatable bonds is 6. The lowest BCUT2D eigenvalue weighted by molar-refractivity contribution is 0.583. The molecule has 3 N–H and O–H groups in total. The van der Waals surface area contributed by atoms with Crippen LogP contribution in [0, 0.1) is 0 Å².